The van der Waals surface area contributed by atoms with Crippen LogP contribution in [0.5, 0.6) is 0 Å². The van der Waals surface area contributed by atoms with Crippen LogP contribution < -0.4 is 5.56 Å². The molecule has 8 heteroatoms. The molecule has 1 aromatic carbocycles. The van der Waals surface area contributed by atoms with Gasteiger partial charge in [0.2, 0.25) is 0 Å². The summed E-state index contributed by atoms with van der Waals surface area (Å²) in [6, 6.07) is 8.52. The van der Waals surface area contributed by atoms with Gasteiger partial charge in [-0.05, 0) is 56.2 Å². The summed E-state index contributed by atoms with van der Waals surface area (Å²) in [7, 11) is 0. The summed E-state index contributed by atoms with van der Waals surface area (Å²) >= 11 is 1.32. The van der Waals surface area contributed by atoms with Crippen LogP contribution in [-0.2, 0) is 4.74 Å². The number of rotatable bonds is 4. The average molecular weight is 394 g/mol. The summed E-state index contributed by atoms with van der Waals surface area (Å²) in [5.41, 5.74) is 3.20. The second-order valence-corrected chi connectivity index (χ2v) is 7.53. The van der Waals surface area contributed by atoms with Gasteiger partial charge < -0.3 is 4.74 Å². The molecule has 0 saturated carbocycles. The fourth-order valence-electron chi connectivity index (χ4n) is 3.08. The lowest BCUT2D eigenvalue weighted by atomic mass is 10.1. The molecular weight excluding hydrogens is 376 g/mol. The second kappa shape index (κ2) is 7.12. The first-order chi connectivity index (χ1) is 13.5. The summed E-state index contributed by atoms with van der Waals surface area (Å²) in [5, 5.41) is 9.26. The Hall–Kier alpha value is -3.13. The summed E-state index contributed by atoms with van der Waals surface area (Å²) in [4.78, 5) is 30.2. The number of nitrogens with zero attached hydrogens (tertiary/aromatic N) is 4. The van der Waals surface area contributed by atoms with E-state index in [2.05, 4.69) is 15.3 Å². The highest BCUT2D eigenvalue weighted by Gasteiger charge is 2.17. The second-order valence-electron chi connectivity index (χ2n) is 6.53. The van der Waals surface area contributed by atoms with Crippen LogP contribution in [0.1, 0.15) is 35.0 Å². The van der Waals surface area contributed by atoms with E-state index in [1.807, 2.05) is 26.8 Å². The molecule has 28 heavy (non-hydrogen) atoms. The van der Waals surface area contributed by atoms with Crippen LogP contribution >= 0.6 is 11.3 Å². The number of esters is 1. The van der Waals surface area contributed by atoms with E-state index in [1.165, 1.54) is 16.0 Å². The lowest BCUT2D eigenvalue weighted by Crippen LogP contribution is -2.21. The first kappa shape index (κ1) is 18.2. The molecule has 0 saturated heterocycles. The number of aryl methyl sites for hydroxylation is 2. The summed E-state index contributed by atoms with van der Waals surface area (Å²) in [6.45, 7) is 6.21. The van der Waals surface area contributed by atoms with E-state index >= 15 is 0 Å². The Kier molecular flexibility index (Phi) is 4.64. The summed E-state index contributed by atoms with van der Waals surface area (Å²) in [5.74, 6) is -0.385. The normalized spacial score (nSPS) is 11.2. The minimum Gasteiger partial charge on any atom is -0.462 e. The van der Waals surface area contributed by atoms with Gasteiger partial charge in [-0.15, -0.1) is 16.4 Å². The highest BCUT2D eigenvalue weighted by Crippen LogP contribution is 2.31. The van der Waals surface area contributed by atoms with Crippen LogP contribution in [0.3, 0.4) is 0 Å². The SMILES string of the molecule is CCCOC(=O)c1ccc(-n2nnc3c(sc4nc(C)cc(C)c43)c2=O)cc1. The summed E-state index contributed by atoms with van der Waals surface area (Å²) < 4.78 is 6.87. The van der Waals surface area contributed by atoms with Gasteiger partial charge in [0.25, 0.3) is 5.56 Å². The smallest absolute Gasteiger partial charge is 0.338 e. The van der Waals surface area contributed by atoms with E-state index < -0.39 is 0 Å². The topological polar surface area (TPSA) is 87.0 Å². The van der Waals surface area contributed by atoms with Crippen molar-refractivity contribution in [2.75, 3.05) is 6.61 Å². The minimum absolute atomic E-state index is 0.258. The van der Waals surface area contributed by atoms with E-state index in [9.17, 15) is 9.59 Å². The zero-order chi connectivity index (χ0) is 19.8. The van der Waals surface area contributed by atoms with Crippen LogP contribution in [0, 0.1) is 13.8 Å². The van der Waals surface area contributed by atoms with Crippen molar-refractivity contribution in [3.05, 3.63) is 57.5 Å². The number of fused-ring (bicyclic) bond motifs is 3. The molecule has 4 rings (SSSR count). The molecule has 0 amide bonds. The number of aromatic nitrogens is 4. The summed E-state index contributed by atoms with van der Waals surface area (Å²) in [6.07, 6.45) is 0.762. The molecule has 3 aromatic heterocycles. The number of carbonyl (C=O) groups excluding carboxylic acids is 1. The first-order valence-electron chi connectivity index (χ1n) is 8.93. The minimum atomic E-state index is -0.385. The van der Waals surface area contributed by atoms with Crippen LogP contribution in [0.25, 0.3) is 26.1 Å². The molecule has 0 radical (unpaired) electrons. The zero-order valence-corrected chi connectivity index (χ0v) is 16.5. The average Bonchev–Trinajstić information content (AvgIpc) is 3.06. The van der Waals surface area contributed by atoms with E-state index in [0.29, 0.717) is 28.1 Å². The van der Waals surface area contributed by atoms with Crippen molar-refractivity contribution in [3.63, 3.8) is 0 Å². The zero-order valence-electron chi connectivity index (χ0n) is 15.7. The van der Waals surface area contributed by atoms with Gasteiger partial charge in [0, 0.05) is 11.1 Å². The van der Waals surface area contributed by atoms with E-state index in [4.69, 9.17) is 4.74 Å². The Morgan fingerprint density at radius 2 is 1.96 bits per heavy atom. The number of ether oxygens (including phenoxy) is 1. The monoisotopic (exact) mass is 394 g/mol. The highest BCUT2D eigenvalue weighted by molar-refractivity contribution is 7.25. The van der Waals surface area contributed by atoms with Crippen LogP contribution in [0.2, 0.25) is 0 Å². The first-order valence-corrected chi connectivity index (χ1v) is 9.75. The molecule has 0 unspecified atom stereocenters. The largest absolute Gasteiger partial charge is 0.462 e. The van der Waals surface area contributed by atoms with Gasteiger partial charge in [0.15, 0.2) is 0 Å². The van der Waals surface area contributed by atoms with Crippen LogP contribution in [-0.4, -0.2) is 32.6 Å². The predicted molar refractivity (Wildman–Crippen MR) is 108 cm³/mol. The standard InChI is InChI=1S/C20H18N4O3S/c1-4-9-27-20(26)13-5-7-14(8-6-13)24-19(25)17-16(22-23-24)15-11(2)10-12(3)21-18(15)28-17/h5-8,10H,4,9H2,1-3H3. The van der Waals surface area contributed by atoms with Gasteiger partial charge in [-0.25, -0.2) is 9.78 Å². The Bertz CT molecular complexity index is 1260. The van der Waals surface area contributed by atoms with Crippen LogP contribution in [0.15, 0.2) is 35.1 Å². The molecule has 0 spiro atoms. The maximum Gasteiger partial charge on any atom is 0.338 e. The maximum atomic E-state index is 13.0. The van der Waals surface area contributed by atoms with E-state index in [0.717, 1.165) is 27.9 Å². The van der Waals surface area contributed by atoms with E-state index in [-0.39, 0.29) is 11.5 Å². The van der Waals surface area contributed by atoms with Crippen LogP contribution in [0.4, 0.5) is 0 Å². The molecular formula is C20H18N4O3S. The number of hydrogen-bond acceptors (Lipinski definition) is 7. The van der Waals surface area contributed by atoms with Gasteiger partial charge in [-0.2, -0.15) is 4.68 Å². The molecule has 0 aliphatic heterocycles. The lowest BCUT2D eigenvalue weighted by molar-refractivity contribution is 0.0505. The number of thiophene rings is 1. The fourth-order valence-corrected chi connectivity index (χ4v) is 4.23. The molecule has 3 heterocycles. The molecule has 4 aromatic rings. The maximum absolute atomic E-state index is 13.0. The van der Waals surface area contributed by atoms with Gasteiger partial charge in [0.1, 0.15) is 15.0 Å². The molecule has 0 fully saturated rings. The highest BCUT2D eigenvalue weighted by atomic mass is 32.1. The number of pyridine rings is 1. The third kappa shape index (κ3) is 3.05. The Morgan fingerprint density at radius 3 is 2.68 bits per heavy atom. The predicted octanol–water partition coefficient (Wildman–Crippen LogP) is 3.57. The van der Waals surface area contributed by atoms with E-state index in [1.54, 1.807) is 24.3 Å². The van der Waals surface area contributed by atoms with Gasteiger partial charge in [0.05, 0.1) is 17.9 Å². The number of carbonyl (C=O) groups is 1. The Labute approximate surface area is 164 Å². The molecule has 0 aliphatic carbocycles. The van der Waals surface area contributed by atoms with Crippen molar-refractivity contribution in [2.45, 2.75) is 27.2 Å². The number of hydrogen-bond donors (Lipinski definition) is 0. The fraction of sp³-hybridized carbons (Fsp3) is 0.250. The molecule has 0 bridgehead atoms. The van der Waals surface area contributed by atoms with Crippen molar-refractivity contribution in [2.24, 2.45) is 0 Å². The Morgan fingerprint density at radius 1 is 1.21 bits per heavy atom. The van der Waals surface area contributed by atoms with Crippen molar-refractivity contribution < 1.29 is 9.53 Å². The lowest BCUT2D eigenvalue weighted by Gasteiger charge is -2.06. The van der Waals surface area contributed by atoms with Crippen molar-refractivity contribution in [3.8, 4) is 5.69 Å². The third-order valence-electron chi connectivity index (χ3n) is 4.37. The van der Waals surface area contributed by atoms with Gasteiger partial charge >= 0.3 is 5.97 Å². The van der Waals surface area contributed by atoms with Gasteiger partial charge in [-0.1, -0.05) is 12.1 Å². The van der Waals surface area contributed by atoms with Crippen molar-refractivity contribution >= 4 is 37.7 Å². The molecule has 7 nitrogen and oxygen atoms in total. The molecule has 142 valence electrons. The Balaban J connectivity index is 1.78. The molecule has 0 aliphatic rings. The number of benzene rings is 1. The molecule has 0 atom stereocenters. The van der Waals surface area contributed by atoms with Crippen molar-refractivity contribution in [1.29, 1.82) is 0 Å². The quantitative estimate of drug-likeness (QED) is 0.492. The van der Waals surface area contributed by atoms with Crippen molar-refractivity contribution in [1.82, 2.24) is 20.0 Å². The third-order valence-corrected chi connectivity index (χ3v) is 5.43. The van der Waals surface area contributed by atoms with Gasteiger partial charge in [-0.3, -0.25) is 4.79 Å². The molecule has 0 N–H and O–H groups in total.